The lowest BCUT2D eigenvalue weighted by Crippen LogP contribution is -2.24. The van der Waals surface area contributed by atoms with Crippen LogP contribution in [0.4, 0.5) is 0 Å². The van der Waals surface area contributed by atoms with Crippen molar-refractivity contribution in [3.05, 3.63) is 29.0 Å². The Hall–Kier alpha value is -1.92. The van der Waals surface area contributed by atoms with Crippen LogP contribution in [-0.4, -0.2) is 29.1 Å². The Morgan fingerprint density at radius 1 is 1.33 bits per heavy atom. The Morgan fingerprint density at radius 3 is 2.73 bits per heavy atom. The third-order valence-corrected chi connectivity index (χ3v) is 2.17. The molecule has 0 aliphatic carbocycles. The van der Waals surface area contributed by atoms with E-state index in [2.05, 4.69) is 15.2 Å². The fraction of sp³-hybridized carbons (Fsp3) is 0.500. The Bertz CT molecular complexity index is 507. The number of aromatic nitrogens is 6. The van der Waals surface area contributed by atoms with Crippen molar-refractivity contribution in [3.63, 3.8) is 0 Å². The monoisotopic (exact) mass is 208 g/mol. The molecule has 0 atom stereocenters. The van der Waals surface area contributed by atoms with Gasteiger partial charge in [-0.05, 0) is 6.92 Å². The first-order valence-corrected chi connectivity index (χ1v) is 4.67. The fourth-order valence-corrected chi connectivity index (χ4v) is 1.34. The van der Waals surface area contributed by atoms with E-state index < -0.39 is 0 Å². The highest BCUT2D eigenvalue weighted by Crippen LogP contribution is 1.94. The summed E-state index contributed by atoms with van der Waals surface area (Å²) < 4.78 is 4.52. The fourth-order valence-electron chi connectivity index (χ4n) is 1.34. The number of nitrogens with zero attached hydrogens (tertiary/aromatic N) is 6. The van der Waals surface area contributed by atoms with Crippen LogP contribution < -0.4 is 5.69 Å². The number of hydrogen-bond donors (Lipinski definition) is 0. The van der Waals surface area contributed by atoms with E-state index in [9.17, 15) is 4.79 Å². The van der Waals surface area contributed by atoms with Gasteiger partial charge in [-0.1, -0.05) is 0 Å². The summed E-state index contributed by atoms with van der Waals surface area (Å²) in [6.45, 7) is 3.06. The van der Waals surface area contributed by atoms with Gasteiger partial charge in [-0.3, -0.25) is 4.57 Å². The molecule has 0 saturated carbocycles. The van der Waals surface area contributed by atoms with Crippen molar-refractivity contribution in [2.75, 3.05) is 0 Å². The molecule has 0 aliphatic rings. The molecule has 2 aromatic rings. The smallest absolute Gasteiger partial charge is 0.285 e. The van der Waals surface area contributed by atoms with E-state index in [1.165, 1.54) is 21.9 Å². The zero-order valence-electron chi connectivity index (χ0n) is 8.66. The summed E-state index contributed by atoms with van der Waals surface area (Å²) in [6, 6.07) is 0. The van der Waals surface area contributed by atoms with Crippen LogP contribution >= 0.6 is 0 Å². The minimum Gasteiger partial charge on any atom is -0.285 e. The molecular formula is C8H12N6O. The quantitative estimate of drug-likeness (QED) is 0.665. The second-order valence-electron chi connectivity index (χ2n) is 3.17. The van der Waals surface area contributed by atoms with Crippen LogP contribution in [0.5, 0.6) is 0 Å². The van der Waals surface area contributed by atoms with Crippen LogP contribution in [0.15, 0.2) is 17.4 Å². The van der Waals surface area contributed by atoms with Crippen LogP contribution in [-0.2, 0) is 20.1 Å². The zero-order chi connectivity index (χ0) is 10.8. The van der Waals surface area contributed by atoms with Crippen molar-refractivity contribution in [2.24, 2.45) is 7.05 Å². The summed E-state index contributed by atoms with van der Waals surface area (Å²) >= 11 is 0. The average Bonchev–Trinajstić information content (AvgIpc) is 2.80. The Kier molecular flexibility index (Phi) is 2.36. The lowest BCUT2D eigenvalue weighted by atomic mass is 10.6. The van der Waals surface area contributed by atoms with Gasteiger partial charge >= 0.3 is 5.69 Å². The third kappa shape index (κ3) is 1.67. The summed E-state index contributed by atoms with van der Waals surface area (Å²) in [6.07, 6.45) is 2.96. The molecule has 0 saturated heterocycles. The summed E-state index contributed by atoms with van der Waals surface area (Å²) in [5.74, 6) is 0.735. The average molecular weight is 208 g/mol. The van der Waals surface area contributed by atoms with Crippen molar-refractivity contribution in [3.8, 4) is 0 Å². The molecule has 0 aromatic carbocycles. The number of hydrogen-bond acceptors (Lipinski definition) is 4. The predicted molar refractivity (Wildman–Crippen MR) is 52.3 cm³/mol. The summed E-state index contributed by atoms with van der Waals surface area (Å²) in [4.78, 5) is 15.6. The molecule has 0 fully saturated rings. The topological polar surface area (TPSA) is 70.5 Å². The number of aryl methyl sites for hydroxylation is 2. The van der Waals surface area contributed by atoms with E-state index >= 15 is 0 Å². The SMILES string of the molecule is CCn1ncnc1Cn1ncn(C)c1=O. The van der Waals surface area contributed by atoms with Crippen LogP contribution in [0.2, 0.25) is 0 Å². The highest BCUT2D eigenvalue weighted by Gasteiger charge is 2.07. The number of rotatable bonds is 3. The molecule has 80 valence electrons. The molecule has 7 nitrogen and oxygen atoms in total. The maximum atomic E-state index is 11.5. The molecule has 0 aliphatic heterocycles. The van der Waals surface area contributed by atoms with E-state index in [0.717, 1.165) is 12.4 Å². The van der Waals surface area contributed by atoms with Crippen molar-refractivity contribution in [1.82, 2.24) is 29.1 Å². The van der Waals surface area contributed by atoms with Gasteiger partial charge in [-0.15, -0.1) is 0 Å². The van der Waals surface area contributed by atoms with Crippen LogP contribution in [0.3, 0.4) is 0 Å². The van der Waals surface area contributed by atoms with Gasteiger partial charge in [0.25, 0.3) is 0 Å². The van der Waals surface area contributed by atoms with Gasteiger partial charge in [0.15, 0.2) is 0 Å². The van der Waals surface area contributed by atoms with E-state index in [0.29, 0.717) is 6.54 Å². The van der Waals surface area contributed by atoms with Gasteiger partial charge in [-0.2, -0.15) is 10.2 Å². The minimum absolute atomic E-state index is 0.152. The maximum Gasteiger partial charge on any atom is 0.345 e. The molecule has 0 bridgehead atoms. The van der Waals surface area contributed by atoms with Crippen molar-refractivity contribution >= 4 is 0 Å². The molecule has 0 spiro atoms. The van der Waals surface area contributed by atoms with Crippen molar-refractivity contribution < 1.29 is 0 Å². The van der Waals surface area contributed by atoms with Gasteiger partial charge in [0.05, 0.1) is 0 Å². The highest BCUT2D eigenvalue weighted by molar-refractivity contribution is 4.85. The molecule has 15 heavy (non-hydrogen) atoms. The summed E-state index contributed by atoms with van der Waals surface area (Å²) in [7, 11) is 1.66. The molecular weight excluding hydrogens is 196 g/mol. The van der Waals surface area contributed by atoms with Gasteiger partial charge in [0.2, 0.25) is 0 Å². The first-order chi connectivity index (χ1) is 7.22. The van der Waals surface area contributed by atoms with Gasteiger partial charge in [0, 0.05) is 13.6 Å². The van der Waals surface area contributed by atoms with Crippen LogP contribution in [0.1, 0.15) is 12.7 Å². The predicted octanol–water partition coefficient (Wildman–Crippen LogP) is -0.759. The largest absolute Gasteiger partial charge is 0.345 e. The lowest BCUT2D eigenvalue weighted by molar-refractivity contribution is 0.554. The van der Waals surface area contributed by atoms with Crippen molar-refractivity contribution in [2.45, 2.75) is 20.0 Å². The first-order valence-electron chi connectivity index (χ1n) is 4.67. The van der Waals surface area contributed by atoms with Gasteiger partial charge in [0.1, 0.15) is 25.0 Å². The van der Waals surface area contributed by atoms with E-state index in [1.807, 2.05) is 6.92 Å². The molecule has 0 radical (unpaired) electrons. The lowest BCUT2D eigenvalue weighted by Gasteiger charge is -2.01. The molecule has 0 N–H and O–H groups in total. The van der Waals surface area contributed by atoms with Crippen LogP contribution in [0, 0.1) is 0 Å². The molecule has 0 amide bonds. The molecule has 2 aromatic heterocycles. The van der Waals surface area contributed by atoms with Gasteiger partial charge < -0.3 is 0 Å². The van der Waals surface area contributed by atoms with E-state index in [1.54, 1.807) is 11.7 Å². The summed E-state index contributed by atoms with van der Waals surface area (Å²) in [5, 5.41) is 7.97. The second kappa shape index (κ2) is 3.68. The Labute approximate surface area is 86.0 Å². The maximum absolute atomic E-state index is 11.5. The van der Waals surface area contributed by atoms with Gasteiger partial charge in [-0.25, -0.2) is 19.1 Å². The minimum atomic E-state index is -0.152. The standard InChI is InChI=1S/C8H12N6O/c1-3-13-7(9-5-10-13)4-14-8(15)12(2)6-11-14/h5-6H,3-4H2,1-2H3. The summed E-state index contributed by atoms with van der Waals surface area (Å²) in [5.41, 5.74) is -0.152. The van der Waals surface area contributed by atoms with E-state index in [-0.39, 0.29) is 5.69 Å². The normalized spacial score (nSPS) is 10.8. The second-order valence-corrected chi connectivity index (χ2v) is 3.17. The Balaban J connectivity index is 2.29. The molecule has 7 heteroatoms. The van der Waals surface area contributed by atoms with Crippen LogP contribution in [0.25, 0.3) is 0 Å². The molecule has 2 heterocycles. The zero-order valence-corrected chi connectivity index (χ0v) is 8.66. The molecule has 0 unspecified atom stereocenters. The van der Waals surface area contributed by atoms with Crippen molar-refractivity contribution in [1.29, 1.82) is 0 Å². The molecule has 2 rings (SSSR count). The highest BCUT2D eigenvalue weighted by atomic mass is 16.2. The third-order valence-electron chi connectivity index (χ3n) is 2.17. The Morgan fingerprint density at radius 2 is 2.13 bits per heavy atom. The van der Waals surface area contributed by atoms with E-state index in [4.69, 9.17) is 0 Å². The first kappa shape index (κ1) is 9.63.